The Morgan fingerprint density at radius 3 is 2.42 bits per heavy atom. The monoisotopic (exact) mass is 308 g/mol. The molecule has 0 radical (unpaired) electrons. The first-order valence-corrected chi connectivity index (χ1v) is 7.58. The summed E-state index contributed by atoms with van der Waals surface area (Å²) in [5.74, 6) is 0. The summed E-state index contributed by atoms with van der Waals surface area (Å²) in [6.07, 6.45) is 0. The molecule has 1 aromatic rings. The van der Waals surface area contributed by atoms with E-state index in [1.165, 1.54) is 4.88 Å². The molecule has 0 spiro atoms. The predicted molar refractivity (Wildman–Crippen MR) is 49.8 cm³/mol. The minimum absolute atomic E-state index is 0.0689. The van der Waals surface area contributed by atoms with Gasteiger partial charge in [-0.25, -0.2) is 0 Å². The summed E-state index contributed by atoms with van der Waals surface area (Å²) >= 11 is 1.50. The van der Waals surface area contributed by atoms with Crippen LogP contribution in [0.1, 0.15) is 8.59 Å². The molecule has 0 aliphatic carbocycles. The van der Waals surface area contributed by atoms with Gasteiger partial charge in [-0.1, -0.05) is 0 Å². The van der Waals surface area contributed by atoms with Crippen molar-refractivity contribution in [3.8, 4) is 9.94 Å². The van der Waals surface area contributed by atoms with Crippen molar-refractivity contribution in [2.24, 2.45) is 0 Å². The van der Waals surface area contributed by atoms with E-state index < -0.39 is 0 Å². The summed E-state index contributed by atoms with van der Waals surface area (Å²) in [5, 5.41) is 19.1. The van der Waals surface area contributed by atoms with Gasteiger partial charge in [0.2, 0.25) is 0 Å². The molecule has 0 saturated carbocycles. The fourth-order valence-electron chi connectivity index (χ4n) is 0.661. The van der Waals surface area contributed by atoms with E-state index in [-0.39, 0.29) is 33.6 Å². The average Bonchev–Trinajstić information content (AvgIpc) is 2.56. The summed E-state index contributed by atoms with van der Waals surface area (Å²) in [5.41, 5.74) is 0. The topological polar surface area (TPSA) is 47.6 Å². The Morgan fingerprint density at radius 2 is 2.00 bits per heavy atom. The second-order valence-corrected chi connectivity index (χ2v) is 7.99. The molecule has 12 heavy (non-hydrogen) atoms. The van der Waals surface area contributed by atoms with Gasteiger partial charge in [0.05, 0.1) is 0 Å². The Bertz CT molecular complexity index is 293. The Morgan fingerprint density at radius 1 is 1.33 bits per heavy atom. The summed E-state index contributed by atoms with van der Waals surface area (Å²) in [7, 11) is 0. The normalized spacial score (nSPS) is 9.25. The Kier molecular flexibility index (Phi) is 4.40. The molecular weight excluding hydrogens is 302 g/mol. The average molecular weight is 306 g/mol. The molecule has 0 amide bonds. The molecule has 1 aromatic heterocycles. The van der Waals surface area contributed by atoms with E-state index in [0.717, 1.165) is 0 Å². The Labute approximate surface area is 87.5 Å². The summed E-state index contributed by atoms with van der Waals surface area (Å²) in [6.45, 7) is 0. The fraction of sp³-hybridized carbons (Fsp3) is 0.143. The van der Waals surface area contributed by atoms with Crippen molar-refractivity contribution in [2.45, 2.75) is 3.71 Å². The Hall–Kier alpha value is -0.281. The molecule has 0 N–H and O–H groups in total. The molecule has 0 saturated heterocycles. The van der Waals surface area contributed by atoms with Crippen LogP contribution in [0.5, 0.6) is 0 Å². The van der Waals surface area contributed by atoms with E-state index in [0.29, 0.717) is 0 Å². The number of nitriles is 2. The zero-order chi connectivity index (χ0) is 8.81. The summed E-state index contributed by atoms with van der Waals surface area (Å²) < 4.78 is 0.236. The third-order valence-corrected chi connectivity index (χ3v) is 7.21. The number of rotatable bonds is 3. The van der Waals surface area contributed by atoms with Crippen molar-refractivity contribution in [1.29, 1.82) is 10.5 Å². The number of thiophene rings is 1. The predicted octanol–water partition coefficient (Wildman–Crippen LogP) is 1.12. The maximum atomic E-state index is 8.55. The van der Waals surface area contributed by atoms with Gasteiger partial charge in [-0.2, -0.15) is 0 Å². The number of hydrogen-bond acceptors (Lipinski definition) is 3. The van der Waals surface area contributed by atoms with Crippen LogP contribution in [-0.4, -0.2) is 29.9 Å². The molecular formula is C7H4N2SSe2. The van der Waals surface area contributed by atoms with Gasteiger partial charge in [0.25, 0.3) is 0 Å². The first-order chi connectivity index (χ1) is 5.88. The zero-order valence-electron chi connectivity index (χ0n) is 5.93. The van der Waals surface area contributed by atoms with Crippen LogP contribution in [0.4, 0.5) is 0 Å². The molecule has 60 valence electrons. The van der Waals surface area contributed by atoms with Gasteiger partial charge in [0.1, 0.15) is 0 Å². The molecule has 0 aliphatic heterocycles. The molecule has 2 nitrogen and oxygen atoms in total. The van der Waals surface area contributed by atoms with Crippen molar-refractivity contribution < 1.29 is 0 Å². The van der Waals surface area contributed by atoms with Crippen LogP contribution in [0.2, 0.25) is 0 Å². The number of nitrogens with zero attached hydrogens (tertiary/aromatic N) is 2. The molecule has 1 heterocycles. The van der Waals surface area contributed by atoms with E-state index in [1.54, 1.807) is 11.3 Å². The van der Waals surface area contributed by atoms with E-state index >= 15 is 0 Å². The van der Waals surface area contributed by atoms with Crippen molar-refractivity contribution in [1.82, 2.24) is 0 Å². The van der Waals surface area contributed by atoms with Crippen molar-refractivity contribution in [2.75, 3.05) is 0 Å². The van der Waals surface area contributed by atoms with Crippen LogP contribution < -0.4 is 0 Å². The zero-order valence-corrected chi connectivity index (χ0v) is 10.2. The molecule has 0 bridgehead atoms. The fourth-order valence-corrected chi connectivity index (χ4v) is 5.23. The second kappa shape index (κ2) is 5.38. The first kappa shape index (κ1) is 9.80. The van der Waals surface area contributed by atoms with E-state index in [2.05, 4.69) is 9.94 Å². The van der Waals surface area contributed by atoms with Crippen LogP contribution in [0, 0.1) is 20.5 Å². The minimum atomic E-state index is -0.0689. The Balaban J connectivity index is 2.69. The van der Waals surface area contributed by atoms with Gasteiger partial charge in [0.15, 0.2) is 0 Å². The van der Waals surface area contributed by atoms with Crippen molar-refractivity contribution >= 4 is 41.3 Å². The number of hydrogen-bond donors (Lipinski definition) is 0. The molecule has 5 heteroatoms. The quantitative estimate of drug-likeness (QED) is 0.786. The van der Waals surface area contributed by atoms with Crippen molar-refractivity contribution in [3.63, 3.8) is 0 Å². The van der Waals surface area contributed by atoms with E-state index in [1.807, 2.05) is 17.5 Å². The SMILES string of the molecule is N#C[Se]C([Se]C#N)c1cccs1. The third kappa shape index (κ3) is 2.64. The van der Waals surface area contributed by atoms with Gasteiger partial charge in [-0.3, -0.25) is 0 Å². The maximum absolute atomic E-state index is 8.55. The second-order valence-electron chi connectivity index (χ2n) is 1.77. The molecule has 0 fully saturated rings. The van der Waals surface area contributed by atoms with Crippen LogP contribution in [0.3, 0.4) is 0 Å². The van der Waals surface area contributed by atoms with Crippen LogP contribution in [-0.2, 0) is 0 Å². The van der Waals surface area contributed by atoms with E-state index in [9.17, 15) is 0 Å². The van der Waals surface area contributed by atoms with Crippen LogP contribution in [0.25, 0.3) is 0 Å². The van der Waals surface area contributed by atoms with Gasteiger partial charge in [0, 0.05) is 0 Å². The van der Waals surface area contributed by atoms with Crippen molar-refractivity contribution in [3.05, 3.63) is 22.4 Å². The third-order valence-electron chi connectivity index (χ3n) is 1.09. The first-order valence-electron chi connectivity index (χ1n) is 3.01. The molecule has 0 aromatic carbocycles. The van der Waals surface area contributed by atoms with Gasteiger partial charge in [-0.05, 0) is 0 Å². The molecule has 0 unspecified atom stereocenters. The van der Waals surface area contributed by atoms with Crippen LogP contribution in [0.15, 0.2) is 17.5 Å². The van der Waals surface area contributed by atoms with E-state index in [4.69, 9.17) is 10.5 Å². The van der Waals surface area contributed by atoms with Gasteiger partial charge < -0.3 is 0 Å². The van der Waals surface area contributed by atoms with Gasteiger partial charge in [-0.15, -0.1) is 0 Å². The van der Waals surface area contributed by atoms with Gasteiger partial charge >= 0.3 is 87.8 Å². The molecule has 0 atom stereocenters. The van der Waals surface area contributed by atoms with Crippen LogP contribution >= 0.6 is 11.3 Å². The molecule has 1 rings (SSSR count). The summed E-state index contributed by atoms with van der Waals surface area (Å²) in [6, 6.07) is 3.97. The summed E-state index contributed by atoms with van der Waals surface area (Å²) in [4.78, 5) is 5.54. The standard InChI is InChI=1S/C7H4N2SSe2/c8-4-11-7(12-5-9)6-2-1-3-10-6/h1-3,7H. The molecule has 0 aliphatic rings.